The van der Waals surface area contributed by atoms with Crippen LogP contribution in [0.5, 0.6) is 0 Å². The van der Waals surface area contributed by atoms with Crippen molar-refractivity contribution in [2.75, 3.05) is 19.8 Å². The Hall–Kier alpha value is -0.840. The quantitative estimate of drug-likeness (QED) is 0.667. The molecule has 21 heavy (non-hydrogen) atoms. The SMILES string of the molecule is CCCCOCCOCc1cc(C)c(CNC(C)(C)C)o1. The molecule has 4 heteroatoms. The normalized spacial score (nSPS) is 12.0. The van der Waals surface area contributed by atoms with Crippen molar-refractivity contribution in [1.82, 2.24) is 5.32 Å². The number of rotatable bonds is 10. The zero-order valence-electron chi connectivity index (χ0n) is 14.3. The summed E-state index contributed by atoms with van der Waals surface area (Å²) < 4.78 is 16.9. The minimum atomic E-state index is 0.0890. The van der Waals surface area contributed by atoms with E-state index in [1.54, 1.807) is 0 Å². The highest BCUT2D eigenvalue weighted by molar-refractivity contribution is 5.19. The fourth-order valence-electron chi connectivity index (χ4n) is 1.82. The van der Waals surface area contributed by atoms with E-state index in [2.05, 4.69) is 46.0 Å². The summed E-state index contributed by atoms with van der Waals surface area (Å²) in [5.74, 6) is 1.87. The second-order valence-corrected chi connectivity index (χ2v) is 6.44. The molecule has 0 bridgehead atoms. The molecule has 0 saturated carbocycles. The van der Waals surface area contributed by atoms with E-state index in [-0.39, 0.29) is 5.54 Å². The Balaban J connectivity index is 2.24. The molecule has 0 saturated heterocycles. The van der Waals surface area contributed by atoms with Crippen LogP contribution in [-0.2, 0) is 22.6 Å². The van der Waals surface area contributed by atoms with Gasteiger partial charge in [-0.15, -0.1) is 0 Å². The smallest absolute Gasteiger partial charge is 0.130 e. The van der Waals surface area contributed by atoms with Crippen molar-refractivity contribution in [2.45, 2.75) is 66.2 Å². The number of nitrogens with one attached hydrogen (secondary N) is 1. The molecule has 0 radical (unpaired) electrons. The van der Waals surface area contributed by atoms with Crippen LogP contribution in [0.4, 0.5) is 0 Å². The summed E-state index contributed by atoms with van der Waals surface area (Å²) in [7, 11) is 0. The van der Waals surface area contributed by atoms with Crippen LogP contribution in [-0.4, -0.2) is 25.4 Å². The van der Waals surface area contributed by atoms with Crippen LogP contribution in [0.2, 0.25) is 0 Å². The molecule has 0 aliphatic carbocycles. The Bertz CT molecular complexity index is 393. The lowest BCUT2D eigenvalue weighted by atomic mass is 10.1. The average molecular weight is 297 g/mol. The zero-order valence-corrected chi connectivity index (χ0v) is 14.3. The van der Waals surface area contributed by atoms with Crippen molar-refractivity contribution in [3.63, 3.8) is 0 Å². The molecule has 0 aliphatic rings. The molecule has 0 atom stereocenters. The van der Waals surface area contributed by atoms with Crippen molar-refractivity contribution in [3.8, 4) is 0 Å². The summed E-state index contributed by atoms with van der Waals surface area (Å²) in [6.45, 7) is 14.0. The maximum atomic E-state index is 5.83. The minimum absolute atomic E-state index is 0.0890. The predicted octanol–water partition coefficient (Wildman–Crippen LogP) is 3.81. The Kier molecular flexibility index (Phi) is 8.01. The van der Waals surface area contributed by atoms with Gasteiger partial charge in [-0.3, -0.25) is 0 Å². The van der Waals surface area contributed by atoms with Gasteiger partial charge in [-0.25, -0.2) is 0 Å². The van der Waals surface area contributed by atoms with Crippen molar-refractivity contribution in [1.29, 1.82) is 0 Å². The topological polar surface area (TPSA) is 43.6 Å². The summed E-state index contributed by atoms with van der Waals surface area (Å²) in [6.07, 6.45) is 2.28. The summed E-state index contributed by atoms with van der Waals surface area (Å²) in [5.41, 5.74) is 1.26. The molecule has 0 unspecified atom stereocenters. The molecule has 0 aromatic carbocycles. The van der Waals surface area contributed by atoms with E-state index in [4.69, 9.17) is 13.9 Å². The lowest BCUT2D eigenvalue weighted by molar-refractivity contribution is 0.0336. The van der Waals surface area contributed by atoms with Crippen LogP contribution in [0.25, 0.3) is 0 Å². The minimum Gasteiger partial charge on any atom is -0.462 e. The molecule has 0 aliphatic heterocycles. The molecule has 122 valence electrons. The third kappa shape index (κ3) is 8.24. The first-order valence-corrected chi connectivity index (χ1v) is 7.91. The van der Waals surface area contributed by atoms with Crippen LogP contribution in [0, 0.1) is 6.92 Å². The first-order valence-electron chi connectivity index (χ1n) is 7.91. The van der Waals surface area contributed by atoms with E-state index < -0.39 is 0 Å². The van der Waals surface area contributed by atoms with Gasteiger partial charge in [-0.1, -0.05) is 13.3 Å². The molecule has 0 amide bonds. The highest BCUT2D eigenvalue weighted by Gasteiger charge is 2.12. The monoisotopic (exact) mass is 297 g/mol. The van der Waals surface area contributed by atoms with E-state index in [0.29, 0.717) is 19.8 Å². The summed E-state index contributed by atoms with van der Waals surface area (Å²) >= 11 is 0. The van der Waals surface area contributed by atoms with Gasteiger partial charge in [0.25, 0.3) is 0 Å². The van der Waals surface area contributed by atoms with Crippen molar-refractivity contribution in [2.24, 2.45) is 0 Å². The lowest BCUT2D eigenvalue weighted by Crippen LogP contribution is -2.35. The van der Waals surface area contributed by atoms with Gasteiger partial charge in [0.05, 0.1) is 19.8 Å². The molecule has 1 rings (SSSR count). The molecule has 1 heterocycles. The zero-order chi connectivity index (χ0) is 15.7. The Morgan fingerprint density at radius 3 is 2.52 bits per heavy atom. The van der Waals surface area contributed by atoms with Crippen LogP contribution >= 0.6 is 0 Å². The number of furan rings is 1. The number of aryl methyl sites for hydroxylation is 1. The van der Waals surface area contributed by atoms with E-state index >= 15 is 0 Å². The van der Waals surface area contributed by atoms with Gasteiger partial charge in [0.2, 0.25) is 0 Å². The van der Waals surface area contributed by atoms with E-state index in [9.17, 15) is 0 Å². The van der Waals surface area contributed by atoms with Crippen molar-refractivity contribution >= 4 is 0 Å². The van der Waals surface area contributed by atoms with Gasteiger partial charge in [-0.05, 0) is 45.7 Å². The van der Waals surface area contributed by atoms with E-state index in [1.807, 2.05) is 0 Å². The van der Waals surface area contributed by atoms with Gasteiger partial charge in [-0.2, -0.15) is 0 Å². The van der Waals surface area contributed by atoms with E-state index in [1.165, 1.54) is 5.56 Å². The Labute approximate surface area is 129 Å². The molecular weight excluding hydrogens is 266 g/mol. The van der Waals surface area contributed by atoms with Crippen LogP contribution < -0.4 is 5.32 Å². The first kappa shape index (κ1) is 18.2. The molecule has 0 fully saturated rings. The van der Waals surface area contributed by atoms with Crippen LogP contribution in [0.1, 0.15) is 57.6 Å². The second kappa shape index (κ2) is 9.23. The Morgan fingerprint density at radius 1 is 1.14 bits per heavy atom. The molecule has 1 N–H and O–H groups in total. The van der Waals surface area contributed by atoms with Gasteiger partial charge >= 0.3 is 0 Å². The molecule has 1 aromatic heterocycles. The summed E-state index contributed by atoms with van der Waals surface area (Å²) in [5, 5.41) is 3.43. The van der Waals surface area contributed by atoms with Gasteiger partial charge in [0.1, 0.15) is 18.1 Å². The number of unbranched alkanes of at least 4 members (excludes halogenated alkanes) is 1. The van der Waals surface area contributed by atoms with Crippen molar-refractivity contribution in [3.05, 3.63) is 23.2 Å². The molecule has 1 aromatic rings. The molecular formula is C17H31NO3. The second-order valence-electron chi connectivity index (χ2n) is 6.44. The molecule has 0 spiro atoms. The standard InChI is InChI=1S/C17H31NO3/c1-6-7-8-19-9-10-20-13-15-11-14(2)16(21-15)12-18-17(3,4)5/h11,18H,6-10,12-13H2,1-5H3. The maximum Gasteiger partial charge on any atom is 0.130 e. The summed E-state index contributed by atoms with van der Waals surface area (Å²) in [6, 6.07) is 2.05. The van der Waals surface area contributed by atoms with Gasteiger partial charge in [0, 0.05) is 12.1 Å². The number of hydrogen-bond donors (Lipinski definition) is 1. The van der Waals surface area contributed by atoms with Crippen molar-refractivity contribution < 1.29 is 13.9 Å². The average Bonchev–Trinajstić information content (AvgIpc) is 2.75. The number of ether oxygens (including phenoxy) is 2. The van der Waals surface area contributed by atoms with E-state index in [0.717, 1.165) is 37.5 Å². The maximum absolute atomic E-state index is 5.83. The third-order valence-electron chi connectivity index (χ3n) is 3.11. The fraction of sp³-hybridized carbons (Fsp3) is 0.765. The predicted molar refractivity (Wildman–Crippen MR) is 85.4 cm³/mol. The Morgan fingerprint density at radius 2 is 1.86 bits per heavy atom. The first-order chi connectivity index (χ1) is 9.92. The highest BCUT2D eigenvalue weighted by Crippen LogP contribution is 2.16. The van der Waals surface area contributed by atoms with Gasteiger partial charge < -0.3 is 19.2 Å². The third-order valence-corrected chi connectivity index (χ3v) is 3.11. The van der Waals surface area contributed by atoms with Gasteiger partial charge in [0.15, 0.2) is 0 Å². The largest absolute Gasteiger partial charge is 0.462 e. The number of hydrogen-bond acceptors (Lipinski definition) is 4. The highest BCUT2D eigenvalue weighted by atomic mass is 16.5. The van der Waals surface area contributed by atoms with Crippen LogP contribution in [0.3, 0.4) is 0 Å². The van der Waals surface area contributed by atoms with Crippen LogP contribution in [0.15, 0.2) is 10.5 Å². The summed E-state index contributed by atoms with van der Waals surface area (Å²) in [4.78, 5) is 0. The lowest BCUT2D eigenvalue weighted by Gasteiger charge is -2.19. The molecule has 4 nitrogen and oxygen atoms in total. The fourth-order valence-corrected chi connectivity index (χ4v) is 1.82.